The van der Waals surface area contributed by atoms with Gasteiger partial charge in [-0.25, -0.2) is 0 Å². The van der Waals surface area contributed by atoms with E-state index in [2.05, 4.69) is 41.3 Å². The van der Waals surface area contributed by atoms with Crippen molar-refractivity contribution in [1.82, 2.24) is 4.90 Å². The number of likely N-dealkylation sites (tertiary alicyclic amines) is 1. The van der Waals surface area contributed by atoms with E-state index in [1.807, 2.05) is 24.3 Å². The van der Waals surface area contributed by atoms with Crippen LogP contribution in [0, 0.1) is 5.41 Å². The third-order valence-corrected chi connectivity index (χ3v) is 5.78. The van der Waals surface area contributed by atoms with Crippen molar-refractivity contribution in [3.8, 4) is 11.5 Å². The van der Waals surface area contributed by atoms with Crippen molar-refractivity contribution in [2.45, 2.75) is 19.3 Å². The predicted molar refractivity (Wildman–Crippen MR) is 114 cm³/mol. The highest BCUT2D eigenvalue weighted by Gasteiger charge is 2.33. The number of aliphatic hydroxyl groups is 1. The molecule has 0 bridgehead atoms. The van der Waals surface area contributed by atoms with Gasteiger partial charge in [-0.05, 0) is 73.2 Å². The molecule has 4 nitrogen and oxygen atoms in total. The van der Waals surface area contributed by atoms with Crippen LogP contribution in [0.3, 0.4) is 0 Å². The fraction of sp³-hybridized carbons (Fsp3) is 0.417. The maximum absolute atomic E-state index is 10.1. The summed E-state index contributed by atoms with van der Waals surface area (Å²) in [6.07, 6.45) is 7.34. The average Bonchev–Trinajstić information content (AvgIpc) is 2.76. The molecule has 1 N–H and O–H groups in total. The van der Waals surface area contributed by atoms with Gasteiger partial charge in [-0.3, -0.25) is 4.90 Å². The third kappa shape index (κ3) is 5.37. The van der Waals surface area contributed by atoms with Crippen molar-refractivity contribution in [1.29, 1.82) is 0 Å². The van der Waals surface area contributed by atoms with Crippen LogP contribution in [0.25, 0.3) is 6.08 Å². The van der Waals surface area contributed by atoms with Crippen LogP contribution in [0.4, 0.5) is 0 Å². The van der Waals surface area contributed by atoms with Crippen molar-refractivity contribution < 1.29 is 14.6 Å². The van der Waals surface area contributed by atoms with E-state index in [1.165, 1.54) is 11.1 Å². The molecular formula is C24H31NO3. The third-order valence-electron chi connectivity index (χ3n) is 5.78. The second-order valence-electron chi connectivity index (χ2n) is 7.66. The van der Waals surface area contributed by atoms with Gasteiger partial charge in [0.1, 0.15) is 11.5 Å². The molecule has 28 heavy (non-hydrogen) atoms. The smallest absolute Gasteiger partial charge is 0.118 e. The molecule has 1 heterocycles. The maximum atomic E-state index is 10.1. The zero-order valence-corrected chi connectivity index (χ0v) is 16.9. The Kier molecular flexibility index (Phi) is 7.12. The van der Waals surface area contributed by atoms with Crippen LogP contribution in [0.15, 0.2) is 54.6 Å². The first-order valence-corrected chi connectivity index (χ1v) is 9.93. The minimum atomic E-state index is -0.00914. The number of hydrogen-bond acceptors (Lipinski definition) is 4. The summed E-state index contributed by atoms with van der Waals surface area (Å²) in [5.41, 5.74) is 2.44. The van der Waals surface area contributed by atoms with Crippen molar-refractivity contribution in [3.05, 3.63) is 65.7 Å². The van der Waals surface area contributed by atoms with Crippen molar-refractivity contribution in [2.24, 2.45) is 5.41 Å². The topological polar surface area (TPSA) is 41.9 Å². The zero-order valence-electron chi connectivity index (χ0n) is 16.9. The summed E-state index contributed by atoms with van der Waals surface area (Å²) in [6, 6.07) is 16.3. The van der Waals surface area contributed by atoms with Gasteiger partial charge in [0.25, 0.3) is 0 Å². The van der Waals surface area contributed by atoms with Gasteiger partial charge < -0.3 is 14.6 Å². The number of aliphatic hydroxyl groups excluding tert-OH is 1. The van der Waals surface area contributed by atoms with Crippen LogP contribution in [0.1, 0.15) is 24.0 Å². The molecule has 4 heteroatoms. The Morgan fingerprint density at radius 2 is 1.50 bits per heavy atom. The Morgan fingerprint density at radius 1 is 0.929 bits per heavy atom. The van der Waals surface area contributed by atoms with Crippen LogP contribution in [-0.2, 0) is 6.42 Å². The second kappa shape index (κ2) is 9.76. The van der Waals surface area contributed by atoms with Crippen molar-refractivity contribution >= 4 is 6.08 Å². The molecule has 0 aliphatic carbocycles. The average molecular weight is 382 g/mol. The van der Waals surface area contributed by atoms with E-state index in [0.717, 1.165) is 50.4 Å². The minimum absolute atomic E-state index is 0.00914. The van der Waals surface area contributed by atoms with Crippen molar-refractivity contribution in [2.75, 3.05) is 40.5 Å². The molecule has 2 aromatic rings. The summed E-state index contributed by atoms with van der Waals surface area (Å²) in [5.74, 6) is 1.76. The molecule has 0 amide bonds. The lowest BCUT2D eigenvalue weighted by Gasteiger charge is -2.40. The van der Waals surface area contributed by atoms with Crippen LogP contribution >= 0.6 is 0 Å². The van der Waals surface area contributed by atoms with Crippen LogP contribution in [0.5, 0.6) is 11.5 Å². The quantitative estimate of drug-likeness (QED) is 0.750. The van der Waals surface area contributed by atoms with E-state index in [-0.39, 0.29) is 12.0 Å². The van der Waals surface area contributed by atoms with E-state index in [4.69, 9.17) is 9.47 Å². The molecule has 1 saturated heterocycles. The summed E-state index contributed by atoms with van der Waals surface area (Å²) in [6.45, 7) is 3.22. The Hall–Kier alpha value is -2.30. The summed E-state index contributed by atoms with van der Waals surface area (Å²) in [7, 11) is 3.37. The fourth-order valence-corrected chi connectivity index (χ4v) is 3.83. The van der Waals surface area contributed by atoms with E-state index in [1.54, 1.807) is 14.2 Å². The predicted octanol–water partition coefficient (Wildman–Crippen LogP) is 4.03. The molecule has 0 aromatic heterocycles. The first-order valence-electron chi connectivity index (χ1n) is 9.93. The fourth-order valence-electron chi connectivity index (χ4n) is 3.83. The second-order valence-corrected chi connectivity index (χ2v) is 7.66. The van der Waals surface area contributed by atoms with Crippen LogP contribution in [-0.4, -0.2) is 50.5 Å². The Bertz CT molecular complexity index is 744. The van der Waals surface area contributed by atoms with Gasteiger partial charge in [0.05, 0.1) is 14.2 Å². The molecular weight excluding hydrogens is 350 g/mol. The number of benzene rings is 2. The lowest BCUT2D eigenvalue weighted by Crippen LogP contribution is -2.43. The van der Waals surface area contributed by atoms with Gasteiger partial charge in [0, 0.05) is 13.2 Å². The number of rotatable bonds is 8. The monoisotopic (exact) mass is 381 g/mol. The summed E-state index contributed by atoms with van der Waals surface area (Å²) >= 11 is 0. The molecule has 1 aliphatic heterocycles. The normalized spacial score (nSPS) is 17.0. The molecule has 0 radical (unpaired) electrons. The maximum Gasteiger partial charge on any atom is 0.118 e. The highest BCUT2D eigenvalue weighted by atomic mass is 16.5. The number of nitrogens with zero attached hydrogens (tertiary/aromatic N) is 1. The molecule has 0 unspecified atom stereocenters. The molecule has 2 aromatic carbocycles. The van der Waals surface area contributed by atoms with Crippen LogP contribution in [0.2, 0.25) is 0 Å². The summed E-state index contributed by atoms with van der Waals surface area (Å²) in [5, 5.41) is 10.1. The van der Waals surface area contributed by atoms with Gasteiger partial charge >= 0.3 is 0 Å². The highest BCUT2D eigenvalue weighted by molar-refractivity contribution is 5.50. The minimum Gasteiger partial charge on any atom is -0.497 e. The van der Waals surface area contributed by atoms with E-state index in [9.17, 15) is 5.11 Å². The first-order chi connectivity index (χ1) is 13.7. The Labute approximate surface area is 168 Å². The summed E-state index contributed by atoms with van der Waals surface area (Å²) < 4.78 is 10.4. The molecule has 1 fully saturated rings. The van der Waals surface area contributed by atoms with Gasteiger partial charge in [0.15, 0.2) is 0 Å². The SMILES string of the molecule is COc1ccc(/C=C/CN2CCC(CO)(Cc3ccc(OC)cc3)CC2)cc1. The highest BCUT2D eigenvalue weighted by Crippen LogP contribution is 2.35. The van der Waals surface area contributed by atoms with Gasteiger partial charge in [0.2, 0.25) is 0 Å². The van der Waals surface area contributed by atoms with E-state index >= 15 is 0 Å². The van der Waals surface area contributed by atoms with Crippen LogP contribution < -0.4 is 9.47 Å². The molecule has 0 spiro atoms. The Morgan fingerprint density at radius 3 is 2.04 bits per heavy atom. The van der Waals surface area contributed by atoms with Gasteiger partial charge in [-0.2, -0.15) is 0 Å². The Balaban J connectivity index is 1.50. The molecule has 150 valence electrons. The van der Waals surface area contributed by atoms with Crippen molar-refractivity contribution in [3.63, 3.8) is 0 Å². The van der Waals surface area contributed by atoms with E-state index < -0.39 is 0 Å². The largest absolute Gasteiger partial charge is 0.497 e. The molecule has 0 atom stereocenters. The van der Waals surface area contributed by atoms with E-state index in [0.29, 0.717) is 0 Å². The summed E-state index contributed by atoms with van der Waals surface area (Å²) in [4.78, 5) is 2.46. The standard InChI is InChI=1S/C24H31NO3/c1-27-22-9-5-20(6-10-22)4-3-15-25-16-13-24(19-26,14-17-25)18-21-7-11-23(28-2)12-8-21/h3-12,26H,13-19H2,1-2H3/b4-3+. The number of piperidine rings is 1. The number of hydrogen-bond donors (Lipinski definition) is 1. The van der Waals surface area contributed by atoms with Gasteiger partial charge in [-0.1, -0.05) is 36.4 Å². The first kappa shape index (κ1) is 20.4. The number of methoxy groups -OCH3 is 2. The molecule has 1 aliphatic rings. The number of ether oxygens (including phenoxy) is 2. The lowest BCUT2D eigenvalue weighted by molar-refractivity contribution is 0.0483. The zero-order chi connectivity index (χ0) is 19.8. The molecule has 3 rings (SSSR count). The van der Waals surface area contributed by atoms with Gasteiger partial charge in [-0.15, -0.1) is 0 Å². The lowest BCUT2D eigenvalue weighted by atomic mass is 9.74. The molecule has 0 saturated carbocycles.